The fraction of sp³-hybridized carbons (Fsp3) is 0.750. The van der Waals surface area contributed by atoms with Crippen molar-refractivity contribution in [2.24, 2.45) is 5.92 Å². The van der Waals surface area contributed by atoms with Gasteiger partial charge in [0.1, 0.15) is 0 Å². The highest BCUT2D eigenvalue weighted by molar-refractivity contribution is 5.11. The molecule has 0 aromatic rings. The van der Waals surface area contributed by atoms with Gasteiger partial charge in [0.2, 0.25) is 0 Å². The maximum Gasteiger partial charge on any atom is 0.0868 e. The molecule has 0 bridgehead atoms. The minimum Gasteiger partial charge on any atom is -0.360 e. The average Bonchev–Trinajstić information content (AvgIpc) is 2.36. The van der Waals surface area contributed by atoms with E-state index < -0.39 is 0 Å². The largest absolute Gasteiger partial charge is 0.360 e. The lowest BCUT2D eigenvalue weighted by molar-refractivity contribution is 0.130. The van der Waals surface area contributed by atoms with Crippen LogP contribution in [0, 0.1) is 5.92 Å². The van der Waals surface area contributed by atoms with Crippen molar-refractivity contribution in [2.45, 2.75) is 58.0 Å². The standard InChI is InChI=1S/C16H30N2/c1-6-16(3,17-4)18(5)14(2)15-12-10-8-7-9-11-13-15/h10,12,15,17H,2,6-9,11,13H2,1,3-5H3/b12-10-. The summed E-state index contributed by atoms with van der Waals surface area (Å²) >= 11 is 0. The monoisotopic (exact) mass is 250 g/mol. The van der Waals surface area contributed by atoms with Gasteiger partial charge in [0.05, 0.1) is 5.66 Å². The third-order valence-corrected chi connectivity index (χ3v) is 4.58. The molecule has 18 heavy (non-hydrogen) atoms. The third kappa shape index (κ3) is 3.61. The Morgan fingerprint density at radius 1 is 1.44 bits per heavy atom. The highest BCUT2D eigenvalue weighted by atomic mass is 15.3. The molecule has 2 heteroatoms. The van der Waals surface area contributed by atoms with Crippen LogP contribution in [-0.2, 0) is 0 Å². The van der Waals surface area contributed by atoms with Crippen LogP contribution >= 0.6 is 0 Å². The first-order valence-electron chi connectivity index (χ1n) is 7.33. The van der Waals surface area contributed by atoms with E-state index in [1.807, 2.05) is 7.05 Å². The van der Waals surface area contributed by atoms with E-state index in [0.29, 0.717) is 5.92 Å². The van der Waals surface area contributed by atoms with Crippen molar-refractivity contribution in [1.29, 1.82) is 0 Å². The molecule has 0 fully saturated rings. The first-order valence-corrected chi connectivity index (χ1v) is 7.33. The van der Waals surface area contributed by atoms with Gasteiger partial charge in [0, 0.05) is 18.7 Å². The van der Waals surface area contributed by atoms with Crippen LogP contribution < -0.4 is 5.32 Å². The molecule has 0 radical (unpaired) electrons. The summed E-state index contributed by atoms with van der Waals surface area (Å²) in [5, 5.41) is 3.42. The summed E-state index contributed by atoms with van der Waals surface area (Å²) in [5.41, 5.74) is 1.25. The van der Waals surface area contributed by atoms with Crippen LogP contribution in [0.4, 0.5) is 0 Å². The Kier molecular flexibility index (Phi) is 5.94. The number of rotatable bonds is 5. The molecule has 2 nitrogen and oxygen atoms in total. The molecule has 0 aliphatic heterocycles. The number of allylic oxidation sites excluding steroid dienone is 2. The Labute approximate surface area is 113 Å². The number of nitrogens with zero attached hydrogens (tertiary/aromatic N) is 1. The van der Waals surface area contributed by atoms with Crippen LogP contribution in [0.15, 0.2) is 24.4 Å². The number of nitrogens with one attached hydrogen (secondary N) is 1. The van der Waals surface area contributed by atoms with Gasteiger partial charge >= 0.3 is 0 Å². The smallest absolute Gasteiger partial charge is 0.0868 e. The van der Waals surface area contributed by atoms with Crippen molar-refractivity contribution in [3.8, 4) is 0 Å². The van der Waals surface area contributed by atoms with Crippen LogP contribution in [-0.4, -0.2) is 24.7 Å². The van der Waals surface area contributed by atoms with Gasteiger partial charge in [-0.15, -0.1) is 0 Å². The predicted octanol–water partition coefficient (Wildman–Crippen LogP) is 3.91. The Balaban J connectivity index is 2.75. The van der Waals surface area contributed by atoms with Crippen LogP contribution in [0.25, 0.3) is 0 Å². The van der Waals surface area contributed by atoms with Gasteiger partial charge in [-0.1, -0.05) is 38.5 Å². The van der Waals surface area contributed by atoms with E-state index in [2.05, 4.69) is 49.8 Å². The molecule has 1 aliphatic carbocycles. The number of hydrogen-bond donors (Lipinski definition) is 1. The lowest BCUT2D eigenvalue weighted by Gasteiger charge is -2.42. The minimum absolute atomic E-state index is 0.00723. The third-order valence-electron chi connectivity index (χ3n) is 4.58. The van der Waals surface area contributed by atoms with E-state index in [1.165, 1.54) is 37.8 Å². The van der Waals surface area contributed by atoms with Gasteiger partial charge in [0.15, 0.2) is 0 Å². The molecular weight excluding hydrogens is 220 g/mol. The molecular formula is C16H30N2. The summed E-state index contributed by atoms with van der Waals surface area (Å²) in [7, 11) is 4.19. The zero-order chi connectivity index (χ0) is 13.6. The van der Waals surface area contributed by atoms with Crippen LogP contribution in [0.3, 0.4) is 0 Å². The molecule has 104 valence electrons. The molecule has 0 aromatic carbocycles. The van der Waals surface area contributed by atoms with E-state index in [1.54, 1.807) is 0 Å². The molecule has 1 aliphatic rings. The molecule has 0 amide bonds. The lowest BCUT2D eigenvalue weighted by atomic mass is 9.92. The zero-order valence-electron chi connectivity index (χ0n) is 12.6. The molecule has 0 aromatic heterocycles. The highest BCUT2D eigenvalue weighted by Crippen LogP contribution is 2.28. The van der Waals surface area contributed by atoms with Gasteiger partial charge in [-0.05, 0) is 39.7 Å². The van der Waals surface area contributed by atoms with Gasteiger partial charge in [-0.2, -0.15) is 0 Å². The first-order chi connectivity index (χ1) is 8.55. The maximum atomic E-state index is 4.35. The Morgan fingerprint density at radius 3 is 2.78 bits per heavy atom. The quantitative estimate of drug-likeness (QED) is 0.588. The van der Waals surface area contributed by atoms with Gasteiger partial charge in [-0.3, -0.25) is 5.32 Å². The topological polar surface area (TPSA) is 15.3 Å². The summed E-state index contributed by atoms with van der Waals surface area (Å²) in [6.07, 6.45) is 12.3. The predicted molar refractivity (Wildman–Crippen MR) is 80.4 cm³/mol. The van der Waals surface area contributed by atoms with Crippen molar-refractivity contribution >= 4 is 0 Å². The fourth-order valence-electron chi connectivity index (χ4n) is 2.58. The molecule has 1 rings (SSSR count). The molecule has 2 atom stereocenters. The summed E-state index contributed by atoms with van der Waals surface area (Å²) in [6, 6.07) is 0. The van der Waals surface area contributed by atoms with Gasteiger partial charge < -0.3 is 4.90 Å². The zero-order valence-corrected chi connectivity index (χ0v) is 12.6. The Morgan fingerprint density at radius 2 is 2.17 bits per heavy atom. The highest BCUT2D eigenvalue weighted by Gasteiger charge is 2.28. The van der Waals surface area contributed by atoms with Crippen molar-refractivity contribution < 1.29 is 0 Å². The normalized spacial score (nSPS) is 25.7. The summed E-state index contributed by atoms with van der Waals surface area (Å²) in [5.74, 6) is 0.509. The second-order valence-corrected chi connectivity index (χ2v) is 5.60. The van der Waals surface area contributed by atoms with E-state index in [0.717, 1.165) is 6.42 Å². The molecule has 0 spiro atoms. The second kappa shape index (κ2) is 6.98. The fourth-order valence-corrected chi connectivity index (χ4v) is 2.58. The van der Waals surface area contributed by atoms with Crippen LogP contribution in [0.5, 0.6) is 0 Å². The Bertz CT molecular complexity index is 289. The SMILES string of the molecule is C=C(C1/C=C\CCCCC1)N(C)C(C)(CC)NC. The molecule has 0 heterocycles. The molecule has 1 N–H and O–H groups in total. The first kappa shape index (κ1) is 15.3. The molecule has 0 saturated carbocycles. The lowest BCUT2D eigenvalue weighted by Crippen LogP contribution is -2.53. The summed E-state index contributed by atoms with van der Waals surface area (Å²) < 4.78 is 0. The molecule has 0 saturated heterocycles. The minimum atomic E-state index is 0.00723. The van der Waals surface area contributed by atoms with Crippen LogP contribution in [0.2, 0.25) is 0 Å². The van der Waals surface area contributed by atoms with Gasteiger partial charge in [-0.25, -0.2) is 0 Å². The van der Waals surface area contributed by atoms with Crippen LogP contribution in [0.1, 0.15) is 52.4 Å². The number of hydrogen-bond acceptors (Lipinski definition) is 2. The van der Waals surface area contributed by atoms with E-state index >= 15 is 0 Å². The van der Waals surface area contributed by atoms with Crippen molar-refractivity contribution in [3.63, 3.8) is 0 Å². The van der Waals surface area contributed by atoms with Crippen molar-refractivity contribution in [3.05, 3.63) is 24.4 Å². The van der Waals surface area contributed by atoms with E-state index in [9.17, 15) is 0 Å². The van der Waals surface area contributed by atoms with E-state index in [-0.39, 0.29) is 5.66 Å². The summed E-state index contributed by atoms with van der Waals surface area (Å²) in [6.45, 7) is 8.80. The van der Waals surface area contributed by atoms with Gasteiger partial charge in [0.25, 0.3) is 0 Å². The Hall–Kier alpha value is -0.760. The summed E-state index contributed by atoms with van der Waals surface area (Å²) in [4.78, 5) is 2.32. The van der Waals surface area contributed by atoms with Crippen molar-refractivity contribution in [2.75, 3.05) is 14.1 Å². The second-order valence-electron chi connectivity index (χ2n) is 5.60. The van der Waals surface area contributed by atoms with Crippen molar-refractivity contribution in [1.82, 2.24) is 10.2 Å². The maximum absolute atomic E-state index is 4.35. The average molecular weight is 250 g/mol. The molecule has 2 unspecified atom stereocenters. The van der Waals surface area contributed by atoms with E-state index in [4.69, 9.17) is 0 Å².